The molecule has 0 aliphatic rings. The van der Waals surface area contributed by atoms with Gasteiger partial charge in [-0.3, -0.25) is 0 Å². The molecule has 29 valence electrons. The maximum atomic E-state index is 8.52. The molecule has 0 saturated carbocycles. The summed E-state index contributed by atoms with van der Waals surface area (Å²) >= 11 is 0. The molecule has 5 heavy (non-hydrogen) atoms. The van der Waals surface area contributed by atoms with Crippen molar-refractivity contribution in [3.05, 3.63) is 0 Å². The molecular formula is HClCrO3+3. The topological polar surface area (TPSA) is 66.3 Å². The molecule has 0 rings (SSSR count). The van der Waals surface area contributed by atoms with Crippen LogP contribution in [0.4, 0.5) is 0 Å². The van der Waals surface area contributed by atoms with Crippen molar-refractivity contribution in [3.8, 4) is 0 Å². The van der Waals surface area contributed by atoms with Gasteiger partial charge in [0.05, 0.1) is 0 Å². The first-order valence-electron chi connectivity index (χ1n) is 0.478. The van der Waals surface area contributed by atoms with E-state index >= 15 is 0 Å². The Bertz CT molecular complexity index is 11.6. The molecule has 0 unspecified atom stereocenters. The molecule has 5 heteroatoms. The molecule has 0 aliphatic heterocycles. The maximum Gasteiger partial charge on any atom is 3.00 e. The van der Waals surface area contributed by atoms with Gasteiger partial charge in [0.15, 0.2) is 0 Å². The van der Waals surface area contributed by atoms with E-state index in [1.165, 1.54) is 0 Å². The van der Waals surface area contributed by atoms with Gasteiger partial charge in [-0.2, -0.15) is 0 Å². The van der Waals surface area contributed by atoms with Gasteiger partial charge >= 0.3 is 17.4 Å². The zero-order valence-corrected chi connectivity index (χ0v) is 4.08. The first kappa shape index (κ1) is 9.20. The molecular weight excluding hydrogens is 135 g/mol. The van der Waals surface area contributed by atoms with Crippen molar-refractivity contribution in [3.63, 3.8) is 0 Å². The summed E-state index contributed by atoms with van der Waals surface area (Å²) < 4.78 is 24.0. The van der Waals surface area contributed by atoms with Gasteiger partial charge < -0.3 is 9.32 Å². The molecule has 0 aromatic carbocycles. The number of halogens is 1. The third-order valence-electron chi connectivity index (χ3n) is 0. The predicted molar refractivity (Wildman–Crippen MR) is 2.22 cm³/mol. The van der Waals surface area contributed by atoms with E-state index < -0.39 is 10.8 Å². The fourth-order valence-corrected chi connectivity index (χ4v) is 0. The van der Waals surface area contributed by atoms with Crippen LogP contribution in [-0.2, 0) is 17.4 Å². The molecule has 1 N–H and O–H groups in total. The Hall–Kier alpha value is 0.702. The molecule has 0 heterocycles. The average Bonchev–Trinajstić information content (AvgIpc) is 0.811. The summed E-state index contributed by atoms with van der Waals surface area (Å²) in [6.45, 7) is 0. The molecule has 0 bridgehead atoms. The summed E-state index contributed by atoms with van der Waals surface area (Å²) in [7, 11) is -2.60. The van der Waals surface area contributed by atoms with E-state index in [9.17, 15) is 0 Å². The molecule has 0 saturated heterocycles. The van der Waals surface area contributed by atoms with Gasteiger partial charge in [0, 0.05) is 4.66 Å². The van der Waals surface area contributed by atoms with Crippen molar-refractivity contribution in [1.82, 2.24) is 0 Å². The molecule has 3 nitrogen and oxygen atoms in total. The van der Waals surface area contributed by atoms with Gasteiger partial charge in [0.2, 0.25) is 0 Å². The Morgan fingerprint density at radius 3 is 1.40 bits per heavy atom. The van der Waals surface area contributed by atoms with Crippen LogP contribution in [-0.4, -0.2) is 4.66 Å². The van der Waals surface area contributed by atoms with E-state index in [1.54, 1.807) is 0 Å². The van der Waals surface area contributed by atoms with Crippen LogP contribution in [0.3, 0.4) is 0 Å². The van der Waals surface area contributed by atoms with Crippen molar-refractivity contribution < 1.29 is 42.1 Å². The summed E-state index contributed by atoms with van der Waals surface area (Å²) in [6, 6.07) is 0. The van der Waals surface area contributed by atoms with Gasteiger partial charge in [0.1, 0.15) is 0 Å². The second kappa shape index (κ2) is 4.70. The van der Waals surface area contributed by atoms with E-state index in [4.69, 9.17) is 14.0 Å². The summed E-state index contributed by atoms with van der Waals surface area (Å²) in [4.78, 5) is 0. The quantitative estimate of drug-likeness (QED) is 0.388. The van der Waals surface area contributed by atoms with Gasteiger partial charge in [-0.25, -0.2) is 0 Å². The van der Waals surface area contributed by atoms with Crippen molar-refractivity contribution >= 4 is 0 Å². The van der Waals surface area contributed by atoms with Crippen LogP contribution in [0.15, 0.2) is 0 Å². The Balaban J connectivity index is 0. The van der Waals surface area contributed by atoms with Crippen LogP contribution < -0.4 is 9.32 Å². The molecule has 1 radical (unpaired) electrons. The monoisotopic (exact) mass is 136 g/mol. The third kappa shape index (κ3) is 69.6. The Morgan fingerprint density at radius 1 is 1.40 bits per heavy atom. The van der Waals surface area contributed by atoms with Gasteiger partial charge in [-0.15, -0.1) is 0 Å². The maximum absolute atomic E-state index is 8.52. The van der Waals surface area contributed by atoms with Crippen molar-refractivity contribution in [2.45, 2.75) is 0 Å². The SMILES string of the molecule is [Cr+3].[O-][Cl+2]([O-])O. The van der Waals surface area contributed by atoms with Gasteiger partial charge in [-0.05, 0) is 0 Å². The van der Waals surface area contributed by atoms with E-state index in [0.29, 0.717) is 0 Å². The van der Waals surface area contributed by atoms with Crippen molar-refractivity contribution in [1.29, 1.82) is 0 Å². The summed E-state index contributed by atoms with van der Waals surface area (Å²) in [5.74, 6) is 0. The van der Waals surface area contributed by atoms with Crippen molar-refractivity contribution in [2.24, 2.45) is 0 Å². The van der Waals surface area contributed by atoms with Gasteiger partial charge in [-0.1, -0.05) is 0 Å². The zero-order chi connectivity index (χ0) is 3.58. The largest absolute Gasteiger partial charge is 3.00 e. The fraction of sp³-hybridized carbons (Fsp3) is 0. The van der Waals surface area contributed by atoms with Crippen LogP contribution in [0, 0.1) is 10.8 Å². The van der Waals surface area contributed by atoms with Gasteiger partial charge in [0.25, 0.3) is 10.8 Å². The predicted octanol–water partition coefficient (Wildman–Crippen LogP) is -2.94. The van der Waals surface area contributed by atoms with Crippen LogP contribution in [0.5, 0.6) is 0 Å². The second-order valence-corrected chi connectivity index (χ2v) is 0.603. The third-order valence-corrected chi connectivity index (χ3v) is 0. The Kier molecular flexibility index (Phi) is 8.65. The summed E-state index contributed by atoms with van der Waals surface area (Å²) in [6.07, 6.45) is 0. The van der Waals surface area contributed by atoms with Crippen LogP contribution in [0.25, 0.3) is 0 Å². The van der Waals surface area contributed by atoms with Crippen LogP contribution in [0.1, 0.15) is 0 Å². The first-order valence-corrected chi connectivity index (χ1v) is 1.43. The molecule has 0 aliphatic carbocycles. The number of hydrogen-bond acceptors (Lipinski definition) is 3. The molecule has 0 aromatic heterocycles. The van der Waals surface area contributed by atoms with E-state index in [2.05, 4.69) is 0 Å². The van der Waals surface area contributed by atoms with Crippen LogP contribution >= 0.6 is 0 Å². The zero-order valence-electron chi connectivity index (χ0n) is 2.05. The summed E-state index contributed by atoms with van der Waals surface area (Å²) in [5, 5.41) is 0. The standard InChI is InChI=1S/ClHO3.Cr/c2-1(3)4;/h2H;/q;+3. The molecule has 0 atom stereocenters. The molecule has 0 amide bonds. The normalized spacial score (nSPS) is 7.20. The average molecular weight is 136 g/mol. The molecule has 0 aromatic rings. The number of rotatable bonds is 0. The van der Waals surface area contributed by atoms with E-state index in [0.717, 1.165) is 0 Å². The van der Waals surface area contributed by atoms with Crippen LogP contribution in [0.2, 0.25) is 0 Å². The minimum absolute atomic E-state index is 0. The Morgan fingerprint density at radius 2 is 1.40 bits per heavy atom. The van der Waals surface area contributed by atoms with E-state index in [1.807, 2.05) is 0 Å². The molecule has 0 fully saturated rings. The summed E-state index contributed by atoms with van der Waals surface area (Å²) in [5.41, 5.74) is 0. The fourth-order valence-electron chi connectivity index (χ4n) is 0. The smallest absolute Gasteiger partial charge is 0.321 e. The van der Waals surface area contributed by atoms with E-state index in [-0.39, 0.29) is 17.4 Å². The first-order chi connectivity index (χ1) is 1.73. The minimum Gasteiger partial charge on any atom is -0.321 e. The Labute approximate surface area is 42.8 Å². The minimum atomic E-state index is -2.60. The molecule has 0 spiro atoms. The number of hydrogen-bond donors (Lipinski definition) is 1. The second-order valence-electron chi connectivity index (χ2n) is 0.201. The van der Waals surface area contributed by atoms with Crippen molar-refractivity contribution in [2.75, 3.05) is 0 Å².